The SMILES string of the molecule is Cc1c(F)c(F)c(C(Cl)c2ccccc2)c(F)c1F. The first-order chi connectivity index (χ1) is 8.95. The summed E-state index contributed by atoms with van der Waals surface area (Å²) in [5, 5.41) is -1.30. The molecule has 1 unspecified atom stereocenters. The van der Waals surface area contributed by atoms with Crippen molar-refractivity contribution >= 4 is 11.6 Å². The number of alkyl halides is 1. The second-order valence-corrected chi connectivity index (χ2v) is 4.50. The monoisotopic (exact) mass is 288 g/mol. The fraction of sp³-hybridized carbons (Fsp3) is 0.143. The van der Waals surface area contributed by atoms with Gasteiger partial charge in [0.1, 0.15) is 0 Å². The van der Waals surface area contributed by atoms with Crippen LogP contribution in [-0.4, -0.2) is 0 Å². The summed E-state index contributed by atoms with van der Waals surface area (Å²) in [4.78, 5) is 0. The molecule has 0 amide bonds. The average Bonchev–Trinajstić information content (AvgIpc) is 2.44. The van der Waals surface area contributed by atoms with Crippen LogP contribution in [0.25, 0.3) is 0 Å². The molecular formula is C14H9ClF4. The fourth-order valence-corrected chi connectivity index (χ4v) is 2.11. The second kappa shape index (κ2) is 5.21. The third kappa shape index (κ3) is 2.32. The minimum Gasteiger partial charge on any atom is -0.203 e. The van der Waals surface area contributed by atoms with E-state index in [0.717, 1.165) is 6.92 Å². The molecule has 0 aliphatic rings. The van der Waals surface area contributed by atoms with Crippen LogP contribution in [0.1, 0.15) is 22.1 Å². The summed E-state index contributed by atoms with van der Waals surface area (Å²) in [5.74, 6) is -5.76. The highest BCUT2D eigenvalue weighted by Crippen LogP contribution is 2.35. The lowest BCUT2D eigenvalue weighted by Crippen LogP contribution is -2.08. The Hall–Kier alpha value is -1.55. The molecule has 0 nitrogen and oxygen atoms in total. The molecule has 2 rings (SSSR count). The topological polar surface area (TPSA) is 0 Å². The van der Waals surface area contributed by atoms with E-state index in [2.05, 4.69) is 0 Å². The van der Waals surface area contributed by atoms with Crippen LogP contribution >= 0.6 is 11.6 Å². The summed E-state index contributed by atoms with van der Waals surface area (Å²) in [6, 6.07) is 7.96. The van der Waals surface area contributed by atoms with E-state index in [0.29, 0.717) is 5.56 Å². The van der Waals surface area contributed by atoms with Gasteiger partial charge in [0.15, 0.2) is 23.3 Å². The summed E-state index contributed by atoms with van der Waals surface area (Å²) in [7, 11) is 0. The Labute approximate surface area is 112 Å². The highest BCUT2D eigenvalue weighted by molar-refractivity contribution is 6.22. The maximum atomic E-state index is 13.8. The van der Waals surface area contributed by atoms with Gasteiger partial charge in [-0.15, -0.1) is 11.6 Å². The minimum absolute atomic E-state index is 0.351. The van der Waals surface area contributed by atoms with Gasteiger partial charge in [-0.25, -0.2) is 17.6 Å². The molecule has 0 N–H and O–H groups in total. The molecule has 0 heterocycles. The summed E-state index contributed by atoms with van der Waals surface area (Å²) in [6.07, 6.45) is 0. The zero-order valence-electron chi connectivity index (χ0n) is 9.85. The zero-order chi connectivity index (χ0) is 14.2. The first-order valence-electron chi connectivity index (χ1n) is 5.46. The van der Waals surface area contributed by atoms with Crippen molar-refractivity contribution in [3.8, 4) is 0 Å². The second-order valence-electron chi connectivity index (χ2n) is 4.07. The van der Waals surface area contributed by atoms with Crippen LogP contribution < -0.4 is 0 Å². The molecule has 0 fully saturated rings. The molecule has 5 heteroatoms. The van der Waals surface area contributed by atoms with Gasteiger partial charge in [-0.1, -0.05) is 30.3 Å². The molecule has 0 saturated carbocycles. The standard InChI is InChI=1S/C14H9ClF4/c1-7-11(16)13(18)9(14(19)12(7)17)10(15)8-5-3-2-4-6-8/h2-6,10H,1H3. The number of rotatable bonds is 2. The Morgan fingerprint density at radius 3 is 1.79 bits per heavy atom. The van der Waals surface area contributed by atoms with Crippen LogP contribution in [0.4, 0.5) is 17.6 Å². The van der Waals surface area contributed by atoms with Crippen LogP contribution in [0.15, 0.2) is 30.3 Å². The predicted molar refractivity (Wildman–Crippen MR) is 65.1 cm³/mol. The van der Waals surface area contributed by atoms with E-state index in [9.17, 15) is 17.6 Å². The smallest absolute Gasteiger partial charge is 0.167 e. The van der Waals surface area contributed by atoms with E-state index >= 15 is 0 Å². The van der Waals surface area contributed by atoms with Gasteiger partial charge in [0.25, 0.3) is 0 Å². The molecule has 1 atom stereocenters. The Morgan fingerprint density at radius 1 is 0.842 bits per heavy atom. The highest BCUT2D eigenvalue weighted by Gasteiger charge is 2.28. The van der Waals surface area contributed by atoms with Crippen molar-refractivity contribution in [2.45, 2.75) is 12.3 Å². The first kappa shape index (κ1) is 13.9. The van der Waals surface area contributed by atoms with E-state index in [4.69, 9.17) is 11.6 Å². The Morgan fingerprint density at radius 2 is 1.32 bits per heavy atom. The van der Waals surface area contributed by atoms with Crippen molar-refractivity contribution < 1.29 is 17.6 Å². The van der Waals surface area contributed by atoms with Gasteiger partial charge < -0.3 is 0 Å². The van der Waals surface area contributed by atoms with Crippen molar-refractivity contribution in [1.29, 1.82) is 0 Å². The van der Waals surface area contributed by atoms with Gasteiger partial charge in [-0.2, -0.15) is 0 Å². The molecule has 0 aliphatic carbocycles. The van der Waals surface area contributed by atoms with Gasteiger partial charge >= 0.3 is 0 Å². The fourth-order valence-electron chi connectivity index (χ4n) is 1.77. The Bertz CT molecular complexity index is 582. The van der Waals surface area contributed by atoms with Gasteiger partial charge in [0, 0.05) is 5.56 Å². The van der Waals surface area contributed by atoms with Crippen LogP contribution in [0, 0.1) is 30.2 Å². The number of benzene rings is 2. The van der Waals surface area contributed by atoms with Crippen molar-refractivity contribution in [3.05, 3.63) is 70.3 Å². The maximum Gasteiger partial charge on any atom is 0.167 e. The molecule has 0 saturated heterocycles. The third-order valence-corrected chi connectivity index (χ3v) is 3.33. The molecule has 0 bridgehead atoms. The highest BCUT2D eigenvalue weighted by atomic mass is 35.5. The zero-order valence-corrected chi connectivity index (χ0v) is 10.6. The molecule has 0 radical (unpaired) electrons. The van der Waals surface area contributed by atoms with Crippen LogP contribution in [0.2, 0.25) is 0 Å². The molecule has 2 aromatic carbocycles. The van der Waals surface area contributed by atoms with E-state index in [1.807, 2.05) is 0 Å². The molecule has 19 heavy (non-hydrogen) atoms. The lowest BCUT2D eigenvalue weighted by Gasteiger charge is -2.14. The quantitative estimate of drug-likeness (QED) is 0.420. The molecular weight excluding hydrogens is 280 g/mol. The number of halogens is 5. The molecule has 100 valence electrons. The Balaban J connectivity index is 2.64. The van der Waals surface area contributed by atoms with Crippen molar-refractivity contribution in [2.75, 3.05) is 0 Å². The third-order valence-electron chi connectivity index (χ3n) is 2.86. The summed E-state index contributed by atoms with van der Waals surface area (Å²) in [5.41, 5.74) is -1.16. The van der Waals surface area contributed by atoms with Crippen LogP contribution in [0.5, 0.6) is 0 Å². The predicted octanol–water partition coefficient (Wildman–Crippen LogP) is 4.88. The van der Waals surface area contributed by atoms with E-state index in [1.165, 1.54) is 12.1 Å². The molecule has 0 spiro atoms. The Kier molecular flexibility index (Phi) is 3.80. The normalized spacial score (nSPS) is 12.5. The van der Waals surface area contributed by atoms with Gasteiger partial charge in [-0.3, -0.25) is 0 Å². The molecule has 2 aromatic rings. The minimum atomic E-state index is -1.46. The van der Waals surface area contributed by atoms with E-state index < -0.39 is 39.8 Å². The van der Waals surface area contributed by atoms with E-state index in [-0.39, 0.29) is 0 Å². The summed E-state index contributed by atoms with van der Waals surface area (Å²) < 4.78 is 54.5. The van der Waals surface area contributed by atoms with Crippen LogP contribution in [0.3, 0.4) is 0 Å². The molecule has 0 aliphatic heterocycles. The number of hydrogen-bond acceptors (Lipinski definition) is 0. The lowest BCUT2D eigenvalue weighted by molar-refractivity contribution is 0.432. The largest absolute Gasteiger partial charge is 0.203 e. The summed E-state index contributed by atoms with van der Waals surface area (Å²) >= 11 is 5.93. The first-order valence-corrected chi connectivity index (χ1v) is 5.90. The van der Waals surface area contributed by atoms with Crippen molar-refractivity contribution in [1.82, 2.24) is 0 Å². The van der Waals surface area contributed by atoms with Gasteiger partial charge in [0.2, 0.25) is 0 Å². The van der Waals surface area contributed by atoms with Crippen molar-refractivity contribution in [3.63, 3.8) is 0 Å². The van der Waals surface area contributed by atoms with Crippen LogP contribution in [-0.2, 0) is 0 Å². The average molecular weight is 289 g/mol. The van der Waals surface area contributed by atoms with E-state index in [1.54, 1.807) is 18.2 Å². The lowest BCUT2D eigenvalue weighted by atomic mass is 10.0. The van der Waals surface area contributed by atoms with Gasteiger partial charge in [0.05, 0.1) is 10.9 Å². The molecule has 0 aromatic heterocycles. The van der Waals surface area contributed by atoms with Gasteiger partial charge in [-0.05, 0) is 12.5 Å². The number of hydrogen-bond donors (Lipinski definition) is 0. The summed E-state index contributed by atoms with van der Waals surface area (Å²) in [6.45, 7) is 0.965. The maximum absolute atomic E-state index is 13.8. The van der Waals surface area contributed by atoms with Crippen molar-refractivity contribution in [2.24, 2.45) is 0 Å².